The molecule has 2 rings (SSSR count). The largest absolute Gasteiger partial charge is 0.310 e. The van der Waals surface area contributed by atoms with Crippen LogP contribution in [0.1, 0.15) is 24.3 Å². The van der Waals surface area contributed by atoms with Gasteiger partial charge in [0.15, 0.2) is 0 Å². The summed E-state index contributed by atoms with van der Waals surface area (Å²) in [5.41, 5.74) is 1.41. The maximum atomic E-state index is 3.61. The lowest BCUT2D eigenvalue weighted by molar-refractivity contribution is 0.592. The van der Waals surface area contributed by atoms with Crippen molar-refractivity contribution in [3.8, 4) is 0 Å². The van der Waals surface area contributed by atoms with E-state index in [-0.39, 0.29) is 0 Å². The molecule has 0 saturated carbocycles. The average molecular weight is 298 g/mol. The molecule has 0 fully saturated rings. The first-order valence-electron chi connectivity index (χ1n) is 5.49. The van der Waals surface area contributed by atoms with Gasteiger partial charge in [-0.25, -0.2) is 0 Å². The molecular weight excluding hydrogens is 282 g/mol. The normalized spacial score (nSPS) is 11.6. The van der Waals surface area contributed by atoms with Crippen LogP contribution in [0.4, 0.5) is 0 Å². The molecule has 0 radical (unpaired) electrons. The van der Waals surface area contributed by atoms with Gasteiger partial charge in [0.25, 0.3) is 0 Å². The summed E-state index contributed by atoms with van der Waals surface area (Å²) in [6.45, 7) is 7.54. The van der Waals surface area contributed by atoms with Gasteiger partial charge in [-0.1, -0.05) is 26.0 Å². The molecule has 0 spiro atoms. The Morgan fingerprint density at radius 2 is 2.12 bits per heavy atom. The van der Waals surface area contributed by atoms with E-state index in [9.17, 15) is 0 Å². The van der Waals surface area contributed by atoms with Gasteiger partial charge in [0.1, 0.15) is 0 Å². The molecule has 0 atom stereocenters. The maximum Gasteiger partial charge on any atom is 0.0491 e. The van der Waals surface area contributed by atoms with E-state index in [1.54, 1.807) is 0 Å². The van der Waals surface area contributed by atoms with Gasteiger partial charge in [-0.3, -0.25) is 0 Å². The van der Waals surface area contributed by atoms with E-state index in [2.05, 4.69) is 60.2 Å². The minimum Gasteiger partial charge on any atom is -0.310 e. The van der Waals surface area contributed by atoms with Gasteiger partial charge in [0.05, 0.1) is 0 Å². The number of hydrogen-bond donors (Lipinski definition) is 1. The summed E-state index contributed by atoms with van der Waals surface area (Å²) in [5.74, 6) is 0. The maximum absolute atomic E-state index is 3.61. The molecule has 0 unspecified atom stereocenters. The first-order chi connectivity index (χ1) is 7.59. The number of benzene rings is 1. The Kier molecular flexibility index (Phi) is 3.67. The molecule has 16 heavy (non-hydrogen) atoms. The number of nitrogens with one attached hydrogen (secondary N) is 1. The minimum atomic E-state index is 0.535. The zero-order chi connectivity index (χ0) is 11.7. The molecule has 1 heterocycles. The van der Waals surface area contributed by atoms with Crippen LogP contribution in [0.3, 0.4) is 0 Å². The Bertz CT molecular complexity index is 502. The molecule has 0 aliphatic rings. The van der Waals surface area contributed by atoms with Crippen LogP contribution in [0.5, 0.6) is 0 Å². The van der Waals surface area contributed by atoms with Gasteiger partial charge in [-0.05, 0) is 39.9 Å². The van der Waals surface area contributed by atoms with Crippen LogP contribution in [0, 0.1) is 6.92 Å². The second kappa shape index (κ2) is 4.86. The van der Waals surface area contributed by atoms with E-state index in [0.717, 1.165) is 6.54 Å². The van der Waals surface area contributed by atoms with Crippen molar-refractivity contribution in [3.05, 3.63) is 33.1 Å². The van der Waals surface area contributed by atoms with Crippen molar-refractivity contribution in [3.63, 3.8) is 0 Å². The molecule has 0 amide bonds. The van der Waals surface area contributed by atoms with Crippen molar-refractivity contribution in [1.82, 2.24) is 5.32 Å². The highest BCUT2D eigenvalue weighted by molar-refractivity contribution is 9.10. The third-order valence-corrected chi connectivity index (χ3v) is 4.95. The second-order valence-electron chi connectivity index (χ2n) is 4.30. The fraction of sp³-hybridized carbons (Fsp3) is 0.385. The highest BCUT2D eigenvalue weighted by Gasteiger charge is 2.10. The molecule has 1 aromatic carbocycles. The van der Waals surface area contributed by atoms with Crippen molar-refractivity contribution in [2.24, 2.45) is 0 Å². The van der Waals surface area contributed by atoms with Crippen LogP contribution < -0.4 is 5.32 Å². The SMILES string of the molecule is Cc1c(CNC(C)C)sc2c(Br)cccc12. The van der Waals surface area contributed by atoms with E-state index in [1.807, 2.05) is 11.3 Å². The lowest BCUT2D eigenvalue weighted by Crippen LogP contribution is -2.21. The standard InChI is InChI=1S/C13H16BrNS/c1-8(2)15-7-12-9(3)10-5-4-6-11(14)13(10)16-12/h4-6,8,15H,7H2,1-3H3. The third-order valence-electron chi connectivity index (χ3n) is 2.69. The molecule has 3 heteroatoms. The van der Waals surface area contributed by atoms with Crippen LogP contribution in [0.2, 0.25) is 0 Å². The first-order valence-corrected chi connectivity index (χ1v) is 7.10. The first kappa shape index (κ1) is 12.1. The molecule has 2 aromatic rings. The molecule has 1 nitrogen and oxygen atoms in total. The highest BCUT2D eigenvalue weighted by Crippen LogP contribution is 2.35. The van der Waals surface area contributed by atoms with Crippen LogP contribution in [-0.4, -0.2) is 6.04 Å². The quantitative estimate of drug-likeness (QED) is 0.881. The van der Waals surface area contributed by atoms with E-state index in [1.165, 1.54) is 25.0 Å². The molecule has 0 saturated heterocycles. The summed E-state index contributed by atoms with van der Waals surface area (Å²) in [7, 11) is 0. The van der Waals surface area contributed by atoms with Gasteiger partial charge >= 0.3 is 0 Å². The molecule has 0 aliphatic heterocycles. The van der Waals surface area contributed by atoms with E-state index in [4.69, 9.17) is 0 Å². The highest BCUT2D eigenvalue weighted by atomic mass is 79.9. The van der Waals surface area contributed by atoms with Gasteiger partial charge in [0, 0.05) is 26.6 Å². The number of rotatable bonds is 3. The molecule has 1 N–H and O–H groups in total. The van der Waals surface area contributed by atoms with E-state index >= 15 is 0 Å². The smallest absolute Gasteiger partial charge is 0.0491 e. The average Bonchev–Trinajstić information content (AvgIpc) is 2.55. The fourth-order valence-electron chi connectivity index (χ4n) is 1.72. The summed E-state index contributed by atoms with van der Waals surface area (Å²) in [4.78, 5) is 1.44. The predicted octanol–water partition coefficient (Wildman–Crippen LogP) is 4.47. The minimum absolute atomic E-state index is 0.535. The van der Waals surface area contributed by atoms with Gasteiger partial charge < -0.3 is 5.32 Å². The zero-order valence-corrected chi connectivity index (χ0v) is 12.2. The van der Waals surface area contributed by atoms with Crippen molar-refractivity contribution in [2.45, 2.75) is 33.4 Å². The predicted molar refractivity (Wildman–Crippen MR) is 76.2 cm³/mol. The Morgan fingerprint density at radius 3 is 2.75 bits per heavy atom. The van der Waals surface area contributed by atoms with Crippen LogP contribution in [0.25, 0.3) is 10.1 Å². The van der Waals surface area contributed by atoms with Crippen LogP contribution in [0.15, 0.2) is 22.7 Å². The molecule has 0 bridgehead atoms. The van der Waals surface area contributed by atoms with Gasteiger partial charge in [-0.2, -0.15) is 0 Å². The Labute approximate surface area is 109 Å². The second-order valence-corrected chi connectivity index (χ2v) is 6.26. The summed E-state index contributed by atoms with van der Waals surface area (Å²) in [5, 5.41) is 4.85. The van der Waals surface area contributed by atoms with Crippen molar-refractivity contribution in [1.29, 1.82) is 0 Å². The monoisotopic (exact) mass is 297 g/mol. The van der Waals surface area contributed by atoms with Crippen molar-refractivity contribution in [2.75, 3.05) is 0 Å². The molecule has 1 aromatic heterocycles. The summed E-state index contributed by atoms with van der Waals surface area (Å²) >= 11 is 5.50. The Hall–Kier alpha value is -0.380. The number of fused-ring (bicyclic) bond motifs is 1. The zero-order valence-electron chi connectivity index (χ0n) is 9.80. The van der Waals surface area contributed by atoms with Crippen molar-refractivity contribution >= 4 is 37.4 Å². The lowest BCUT2D eigenvalue weighted by Gasteiger charge is -2.06. The lowest BCUT2D eigenvalue weighted by atomic mass is 10.1. The molecular formula is C13H16BrNS. The summed E-state index contributed by atoms with van der Waals surface area (Å²) < 4.78 is 2.56. The van der Waals surface area contributed by atoms with Gasteiger partial charge in [-0.15, -0.1) is 11.3 Å². The Morgan fingerprint density at radius 1 is 1.38 bits per heavy atom. The number of aryl methyl sites for hydroxylation is 1. The summed E-state index contributed by atoms with van der Waals surface area (Å²) in [6.07, 6.45) is 0. The van der Waals surface area contributed by atoms with Crippen molar-refractivity contribution < 1.29 is 0 Å². The molecule has 86 valence electrons. The number of hydrogen-bond acceptors (Lipinski definition) is 2. The van der Waals surface area contributed by atoms with Crippen LogP contribution >= 0.6 is 27.3 Å². The fourth-order valence-corrected chi connectivity index (χ4v) is 3.49. The molecule has 0 aliphatic carbocycles. The number of thiophene rings is 1. The van der Waals surface area contributed by atoms with Crippen LogP contribution in [-0.2, 0) is 6.54 Å². The number of halogens is 1. The summed E-state index contributed by atoms with van der Waals surface area (Å²) in [6, 6.07) is 6.95. The van der Waals surface area contributed by atoms with E-state index < -0.39 is 0 Å². The Balaban J connectivity index is 2.40. The van der Waals surface area contributed by atoms with Gasteiger partial charge in [0.2, 0.25) is 0 Å². The topological polar surface area (TPSA) is 12.0 Å². The van der Waals surface area contributed by atoms with E-state index in [0.29, 0.717) is 6.04 Å². The third kappa shape index (κ3) is 2.31.